The number of rotatable bonds is 2. The number of halogens is 1. The van der Waals surface area contributed by atoms with E-state index in [-0.39, 0.29) is 6.03 Å². The summed E-state index contributed by atoms with van der Waals surface area (Å²) in [4.78, 5) is 18.0. The molecule has 1 aliphatic rings. The average molecular weight is 332 g/mol. The quantitative estimate of drug-likeness (QED) is 0.918. The molecule has 0 bridgehead atoms. The Morgan fingerprint density at radius 3 is 2.90 bits per heavy atom. The van der Waals surface area contributed by atoms with Crippen LogP contribution in [0.2, 0.25) is 0 Å². The summed E-state index contributed by atoms with van der Waals surface area (Å²) in [6.45, 7) is 1.25. The van der Waals surface area contributed by atoms with E-state index < -0.39 is 0 Å². The van der Waals surface area contributed by atoms with Gasteiger partial charge in [0, 0.05) is 35.6 Å². The second-order valence-corrected chi connectivity index (χ2v) is 5.60. The van der Waals surface area contributed by atoms with Crippen LogP contribution in [0.3, 0.4) is 0 Å². The fraction of sp³-hybridized carbons (Fsp3) is 0.200. The van der Waals surface area contributed by atoms with Gasteiger partial charge in [0.2, 0.25) is 0 Å². The normalized spacial score (nSPS) is 13.2. The number of pyridine rings is 1. The van der Waals surface area contributed by atoms with Crippen LogP contribution in [0.1, 0.15) is 11.1 Å². The number of aromatic nitrogens is 1. The first-order valence-electron chi connectivity index (χ1n) is 6.47. The zero-order valence-electron chi connectivity index (χ0n) is 10.8. The summed E-state index contributed by atoms with van der Waals surface area (Å²) in [7, 11) is 0. The molecule has 0 unspecified atom stereocenters. The highest BCUT2D eigenvalue weighted by molar-refractivity contribution is 9.10. The topological polar surface area (TPSA) is 45.2 Å². The van der Waals surface area contributed by atoms with Crippen molar-refractivity contribution in [2.45, 2.75) is 13.0 Å². The minimum absolute atomic E-state index is 0.0568. The molecule has 0 fully saturated rings. The van der Waals surface area contributed by atoms with Gasteiger partial charge in [-0.2, -0.15) is 0 Å². The Bertz CT molecular complexity index is 630. The molecule has 0 saturated carbocycles. The maximum atomic E-state index is 12.3. The number of nitrogens with one attached hydrogen (secondary N) is 1. The van der Waals surface area contributed by atoms with Crippen LogP contribution in [0.5, 0.6) is 0 Å². The molecule has 102 valence electrons. The van der Waals surface area contributed by atoms with E-state index in [2.05, 4.69) is 32.3 Å². The van der Waals surface area contributed by atoms with E-state index in [1.165, 1.54) is 5.56 Å². The highest BCUT2D eigenvalue weighted by atomic mass is 79.9. The number of benzene rings is 1. The number of nitrogens with zero attached hydrogens (tertiary/aromatic N) is 2. The number of hydrogen-bond acceptors (Lipinski definition) is 2. The van der Waals surface area contributed by atoms with Crippen molar-refractivity contribution in [3.8, 4) is 0 Å². The van der Waals surface area contributed by atoms with Gasteiger partial charge >= 0.3 is 6.03 Å². The number of fused-ring (bicyclic) bond motifs is 1. The van der Waals surface area contributed by atoms with Crippen molar-refractivity contribution in [2.75, 3.05) is 11.4 Å². The SMILES string of the molecule is O=C(NCc1ccncc1)N1CCc2ccc(Br)cc21. The molecule has 0 spiro atoms. The Labute approximate surface area is 126 Å². The highest BCUT2D eigenvalue weighted by Gasteiger charge is 2.24. The summed E-state index contributed by atoms with van der Waals surface area (Å²) in [6.07, 6.45) is 4.36. The average Bonchev–Trinajstić information content (AvgIpc) is 2.89. The smallest absolute Gasteiger partial charge is 0.322 e. The Morgan fingerprint density at radius 1 is 1.30 bits per heavy atom. The Kier molecular flexibility index (Phi) is 3.69. The van der Waals surface area contributed by atoms with Crippen LogP contribution in [-0.4, -0.2) is 17.6 Å². The van der Waals surface area contributed by atoms with E-state index in [0.717, 1.165) is 28.7 Å². The third-order valence-corrected chi connectivity index (χ3v) is 3.87. The summed E-state index contributed by atoms with van der Waals surface area (Å²) in [5, 5.41) is 2.95. The maximum Gasteiger partial charge on any atom is 0.322 e. The van der Waals surface area contributed by atoms with Gasteiger partial charge in [0.25, 0.3) is 0 Å². The maximum absolute atomic E-state index is 12.3. The van der Waals surface area contributed by atoms with Crippen molar-refractivity contribution in [1.29, 1.82) is 0 Å². The lowest BCUT2D eigenvalue weighted by Gasteiger charge is -2.18. The van der Waals surface area contributed by atoms with Crippen molar-refractivity contribution in [1.82, 2.24) is 10.3 Å². The number of hydrogen-bond donors (Lipinski definition) is 1. The number of carbonyl (C=O) groups is 1. The summed E-state index contributed by atoms with van der Waals surface area (Å²) < 4.78 is 0.991. The minimum Gasteiger partial charge on any atom is -0.334 e. The standard InChI is InChI=1S/C15H14BrN3O/c16-13-2-1-12-5-8-19(14(12)9-13)15(20)18-10-11-3-6-17-7-4-11/h1-4,6-7,9H,5,8,10H2,(H,18,20). The molecule has 0 saturated heterocycles. The lowest BCUT2D eigenvalue weighted by molar-refractivity contribution is 0.246. The zero-order valence-corrected chi connectivity index (χ0v) is 12.4. The molecular formula is C15H14BrN3O. The van der Waals surface area contributed by atoms with Crippen molar-refractivity contribution in [3.63, 3.8) is 0 Å². The van der Waals surface area contributed by atoms with Gasteiger partial charge in [0.15, 0.2) is 0 Å². The van der Waals surface area contributed by atoms with Gasteiger partial charge in [0.05, 0.1) is 0 Å². The molecule has 0 radical (unpaired) electrons. The van der Waals surface area contributed by atoms with E-state index in [0.29, 0.717) is 6.54 Å². The van der Waals surface area contributed by atoms with Crippen LogP contribution in [0.25, 0.3) is 0 Å². The fourth-order valence-electron chi connectivity index (χ4n) is 2.34. The molecule has 0 atom stereocenters. The predicted molar refractivity (Wildman–Crippen MR) is 81.7 cm³/mol. The first kappa shape index (κ1) is 13.1. The number of urea groups is 1. The molecule has 2 aromatic rings. The van der Waals surface area contributed by atoms with Crippen LogP contribution in [0, 0.1) is 0 Å². The van der Waals surface area contributed by atoms with Crippen LogP contribution in [0.4, 0.5) is 10.5 Å². The molecule has 1 aromatic carbocycles. The monoisotopic (exact) mass is 331 g/mol. The molecule has 1 aliphatic heterocycles. The molecule has 1 aromatic heterocycles. The highest BCUT2D eigenvalue weighted by Crippen LogP contribution is 2.30. The third kappa shape index (κ3) is 2.67. The van der Waals surface area contributed by atoms with Crippen molar-refractivity contribution in [3.05, 3.63) is 58.3 Å². The van der Waals surface area contributed by atoms with E-state index in [9.17, 15) is 4.79 Å². The lowest BCUT2D eigenvalue weighted by atomic mass is 10.2. The second-order valence-electron chi connectivity index (χ2n) is 4.69. The van der Waals surface area contributed by atoms with Crippen LogP contribution < -0.4 is 10.2 Å². The number of carbonyl (C=O) groups excluding carboxylic acids is 1. The summed E-state index contributed by atoms with van der Waals surface area (Å²) in [5.41, 5.74) is 3.25. The van der Waals surface area contributed by atoms with Crippen LogP contribution in [0.15, 0.2) is 47.2 Å². The first-order valence-corrected chi connectivity index (χ1v) is 7.26. The molecule has 0 aliphatic carbocycles. The number of amides is 2. The van der Waals surface area contributed by atoms with Crippen molar-refractivity contribution in [2.24, 2.45) is 0 Å². The van der Waals surface area contributed by atoms with Gasteiger partial charge < -0.3 is 5.32 Å². The van der Waals surface area contributed by atoms with Gasteiger partial charge in [-0.1, -0.05) is 22.0 Å². The van der Waals surface area contributed by atoms with E-state index in [1.807, 2.05) is 24.3 Å². The van der Waals surface area contributed by atoms with Crippen LogP contribution >= 0.6 is 15.9 Å². The van der Waals surface area contributed by atoms with E-state index >= 15 is 0 Å². The Balaban J connectivity index is 1.69. The minimum atomic E-state index is -0.0568. The van der Waals surface area contributed by atoms with Gasteiger partial charge in [-0.3, -0.25) is 9.88 Å². The van der Waals surface area contributed by atoms with Gasteiger partial charge in [-0.25, -0.2) is 4.79 Å². The third-order valence-electron chi connectivity index (χ3n) is 3.38. The molecule has 1 N–H and O–H groups in total. The molecule has 2 heterocycles. The van der Waals surface area contributed by atoms with Crippen molar-refractivity contribution >= 4 is 27.6 Å². The Morgan fingerprint density at radius 2 is 2.10 bits per heavy atom. The van der Waals surface area contributed by atoms with Crippen molar-refractivity contribution < 1.29 is 4.79 Å². The van der Waals surface area contributed by atoms with Gasteiger partial charge in [-0.15, -0.1) is 0 Å². The zero-order chi connectivity index (χ0) is 13.9. The lowest BCUT2D eigenvalue weighted by Crippen LogP contribution is -2.38. The number of anilines is 1. The molecule has 3 rings (SSSR count). The van der Waals surface area contributed by atoms with Gasteiger partial charge in [-0.05, 0) is 41.8 Å². The molecular weight excluding hydrogens is 318 g/mol. The molecule has 4 nitrogen and oxygen atoms in total. The van der Waals surface area contributed by atoms with Gasteiger partial charge in [0.1, 0.15) is 0 Å². The molecule has 20 heavy (non-hydrogen) atoms. The largest absolute Gasteiger partial charge is 0.334 e. The second kappa shape index (κ2) is 5.63. The van der Waals surface area contributed by atoms with E-state index in [4.69, 9.17) is 0 Å². The summed E-state index contributed by atoms with van der Waals surface area (Å²) >= 11 is 3.45. The van der Waals surface area contributed by atoms with Crippen LogP contribution in [-0.2, 0) is 13.0 Å². The Hall–Kier alpha value is -1.88. The van der Waals surface area contributed by atoms with E-state index in [1.54, 1.807) is 17.3 Å². The first-order chi connectivity index (χ1) is 9.74. The fourth-order valence-corrected chi connectivity index (χ4v) is 2.69. The molecule has 5 heteroatoms. The molecule has 2 amide bonds. The summed E-state index contributed by atoms with van der Waals surface area (Å²) in [6, 6.07) is 9.81. The predicted octanol–water partition coefficient (Wildman–Crippen LogP) is 3.12. The summed E-state index contributed by atoms with van der Waals surface area (Å²) in [5.74, 6) is 0.